The van der Waals surface area contributed by atoms with Crippen molar-refractivity contribution in [2.45, 2.75) is 58.9 Å². The average Bonchev–Trinajstić information content (AvgIpc) is 1.92. The quantitative estimate of drug-likeness (QED) is 0.534. The van der Waals surface area contributed by atoms with Gasteiger partial charge in [0.05, 0.1) is 0 Å². The van der Waals surface area contributed by atoms with Gasteiger partial charge in [0.2, 0.25) is 0 Å². The van der Waals surface area contributed by atoms with E-state index in [-0.39, 0.29) is 5.54 Å². The number of allylic oxidation sites excluding steroid dienone is 1. The van der Waals surface area contributed by atoms with Crippen LogP contribution in [-0.2, 0) is 0 Å². The van der Waals surface area contributed by atoms with E-state index in [1.165, 1.54) is 25.7 Å². The molecule has 0 bridgehead atoms. The van der Waals surface area contributed by atoms with Gasteiger partial charge in [-0.1, -0.05) is 18.1 Å². The molecule has 1 nitrogen and oxygen atoms in total. The predicted molar refractivity (Wildman–Crippen MR) is 63.5 cm³/mol. The molecule has 1 fully saturated rings. The van der Waals surface area contributed by atoms with Crippen LogP contribution in [0.5, 0.6) is 0 Å². The summed E-state index contributed by atoms with van der Waals surface area (Å²) in [5, 5.41) is 3.51. The molecule has 0 radical (unpaired) electrons. The smallest absolute Gasteiger partial charge is 0.00966 e. The summed E-state index contributed by atoms with van der Waals surface area (Å²) in [6, 6.07) is 0. The second kappa shape index (κ2) is 4.97. The van der Waals surface area contributed by atoms with Crippen molar-refractivity contribution in [1.82, 2.24) is 5.32 Å². The van der Waals surface area contributed by atoms with Crippen LogP contribution < -0.4 is 5.32 Å². The van der Waals surface area contributed by atoms with Crippen LogP contribution >= 0.6 is 0 Å². The lowest BCUT2D eigenvalue weighted by atomic mass is 9.80. The molecule has 1 aliphatic rings. The summed E-state index contributed by atoms with van der Waals surface area (Å²) in [6.07, 6.45) is 7.89. The fraction of sp³-hybridized carbons (Fsp3) is 0.846. The molecule has 0 spiro atoms. The average molecular weight is 195 g/mol. The standard InChI is InChI=1S/C13H25N/c1-11(12-8-5-9-12)7-6-10-14-13(2,3)4/h7,12,14H,5-6,8-10H2,1-4H3. The van der Waals surface area contributed by atoms with Gasteiger partial charge in [-0.15, -0.1) is 0 Å². The first-order chi connectivity index (χ1) is 6.49. The van der Waals surface area contributed by atoms with Crippen LogP contribution in [0.2, 0.25) is 0 Å². The van der Waals surface area contributed by atoms with Crippen molar-refractivity contribution in [3.8, 4) is 0 Å². The summed E-state index contributed by atoms with van der Waals surface area (Å²) < 4.78 is 0. The van der Waals surface area contributed by atoms with E-state index in [0.29, 0.717) is 0 Å². The molecule has 14 heavy (non-hydrogen) atoms. The normalized spacial score (nSPS) is 19.6. The Kier molecular flexibility index (Phi) is 4.18. The van der Waals surface area contributed by atoms with E-state index < -0.39 is 0 Å². The molecule has 1 N–H and O–H groups in total. The van der Waals surface area contributed by atoms with Crippen LogP contribution in [0.4, 0.5) is 0 Å². The Bertz CT molecular complexity index is 194. The Balaban J connectivity index is 2.12. The minimum atomic E-state index is 0.262. The van der Waals surface area contributed by atoms with Crippen molar-refractivity contribution in [2.75, 3.05) is 6.54 Å². The van der Waals surface area contributed by atoms with Crippen LogP contribution in [0.25, 0.3) is 0 Å². The minimum Gasteiger partial charge on any atom is -0.312 e. The summed E-state index contributed by atoms with van der Waals surface area (Å²) in [7, 11) is 0. The lowest BCUT2D eigenvalue weighted by molar-refractivity contribution is 0.366. The van der Waals surface area contributed by atoms with Crippen molar-refractivity contribution in [3.05, 3.63) is 11.6 Å². The van der Waals surface area contributed by atoms with E-state index in [0.717, 1.165) is 12.5 Å². The van der Waals surface area contributed by atoms with Crippen LogP contribution in [0.3, 0.4) is 0 Å². The third-order valence-corrected chi connectivity index (χ3v) is 3.02. The Morgan fingerprint density at radius 3 is 2.43 bits per heavy atom. The van der Waals surface area contributed by atoms with Gasteiger partial charge in [-0.2, -0.15) is 0 Å². The Labute approximate surface area is 89.0 Å². The largest absolute Gasteiger partial charge is 0.312 e. The second-order valence-corrected chi connectivity index (χ2v) is 5.54. The van der Waals surface area contributed by atoms with Gasteiger partial charge in [-0.25, -0.2) is 0 Å². The van der Waals surface area contributed by atoms with E-state index in [2.05, 4.69) is 39.1 Å². The number of hydrogen-bond donors (Lipinski definition) is 1. The maximum absolute atomic E-state index is 3.51. The molecule has 0 amide bonds. The molecule has 0 atom stereocenters. The molecule has 0 aromatic heterocycles. The van der Waals surface area contributed by atoms with Crippen LogP contribution in [0.15, 0.2) is 11.6 Å². The molecule has 0 saturated heterocycles. The Hall–Kier alpha value is -0.300. The fourth-order valence-electron chi connectivity index (χ4n) is 1.78. The summed E-state index contributed by atoms with van der Waals surface area (Å²) in [4.78, 5) is 0. The zero-order valence-corrected chi connectivity index (χ0v) is 10.2. The number of rotatable bonds is 4. The molecule has 1 aliphatic carbocycles. The molecule has 0 aromatic rings. The number of hydrogen-bond acceptors (Lipinski definition) is 1. The summed E-state index contributed by atoms with van der Waals surface area (Å²) in [5.41, 5.74) is 1.88. The van der Waals surface area contributed by atoms with Gasteiger partial charge in [0.15, 0.2) is 0 Å². The van der Waals surface area contributed by atoms with Gasteiger partial charge in [-0.05, 0) is 59.4 Å². The molecule has 0 aliphatic heterocycles. The first-order valence-electron chi connectivity index (χ1n) is 5.91. The molecule has 0 unspecified atom stereocenters. The summed E-state index contributed by atoms with van der Waals surface area (Å²) >= 11 is 0. The predicted octanol–water partition coefficient (Wildman–Crippen LogP) is 3.51. The van der Waals surface area contributed by atoms with E-state index in [1.54, 1.807) is 5.57 Å². The van der Waals surface area contributed by atoms with Gasteiger partial charge in [-0.3, -0.25) is 0 Å². The topological polar surface area (TPSA) is 12.0 Å². The summed E-state index contributed by atoms with van der Waals surface area (Å²) in [6.45, 7) is 10.1. The lowest BCUT2D eigenvalue weighted by Crippen LogP contribution is -2.36. The maximum Gasteiger partial charge on any atom is 0.00966 e. The van der Waals surface area contributed by atoms with Gasteiger partial charge >= 0.3 is 0 Å². The van der Waals surface area contributed by atoms with Crippen LogP contribution in [0, 0.1) is 5.92 Å². The monoisotopic (exact) mass is 195 g/mol. The highest BCUT2D eigenvalue weighted by Crippen LogP contribution is 2.32. The zero-order valence-electron chi connectivity index (χ0n) is 10.2. The van der Waals surface area contributed by atoms with E-state index in [1.807, 2.05) is 0 Å². The van der Waals surface area contributed by atoms with E-state index >= 15 is 0 Å². The van der Waals surface area contributed by atoms with Gasteiger partial charge < -0.3 is 5.32 Å². The zero-order chi connectivity index (χ0) is 10.6. The molecule has 0 heterocycles. The molecule has 82 valence electrons. The highest BCUT2D eigenvalue weighted by molar-refractivity contribution is 5.06. The SMILES string of the molecule is CC(=CCCNC(C)(C)C)C1CCC1. The first-order valence-corrected chi connectivity index (χ1v) is 5.91. The summed E-state index contributed by atoms with van der Waals surface area (Å²) in [5.74, 6) is 0.921. The van der Waals surface area contributed by atoms with Gasteiger partial charge in [0.1, 0.15) is 0 Å². The van der Waals surface area contributed by atoms with E-state index in [9.17, 15) is 0 Å². The highest BCUT2D eigenvalue weighted by atomic mass is 14.9. The Morgan fingerprint density at radius 1 is 1.36 bits per heavy atom. The maximum atomic E-state index is 3.51. The van der Waals surface area contributed by atoms with Crippen LogP contribution in [0.1, 0.15) is 53.4 Å². The van der Waals surface area contributed by atoms with Crippen LogP contribution in [-0.4, -0.2) is 12.1 Å². The first kappa shape index (κ1) is 11.8. The third-order valence-electron chi connectivity index (χ3n) is 3.02. The van der Waals surface area contributed by atoms with E-state index in [4.69, 9.17) is 0 Å². The molecular weight excluding hydrogens is 170 g/mol. The van der Waals surface area contributed by atoms with Gasteiger partial charge in [0.25, 0.3) is 0 Å². The fourth-order valence-corrected chi connectivity index (χ4v) is 1.78. The van der Waals surface area contributed by atoms with Crippen molar-refractivity contribution in [3.63, 3.8) is 0 Å². The van der Waals surface area contributed by atoms with Crippen molar-refractivity contribution >= 4 is 0 Å². The second-order valence-electron chi connectivity index (χ2n) is 5.54. The third kappa shape index (κ3) is 4.28. The molecule has 1 saturated carbocycles. The molecule has 1 heteroatoms. The number of nitrogens with one attached hydrogen (secondary N) is 1. The molecule has 0 aromatic carbocycles. The van der Waals surface area contributed by atoms with Crippen molar-refractivity contribution in [1.29, 1.82) is 0 Å². The van der Waals surface area contributed by atoms with Crippen molar-refractivity contribution in [2.24, 2.45) is 5.92 Å². The molecule has 1 rings (SSSR count). The lowest BCUT2D eigenvalue weighted by Gasteiger charge is -2.26. The highest BCUT2D eigenvalue weighted by Gasteiger charge is 2.18. The Morgan fingerprint density at radius 2 is 2.00 bits per heavy atom. The molecular formula is C13H25N. The van der Waals surface area contributed by atoms with Crippen molar-refractivity contribution < 1.29 is 0 Å². The minimum absolute atomic E-state index is 0.262. The van der Waals surface area contributed by atoms with Gasteiger partial charge in [0, 0.05) is 5.54 Å².